The first-order valence-corrected chi connectivity index (χ1v) is 8.74. The standard InChI is InChI=1S/C18H19N3O2S/c1-3-20(11-14-7-6-10-24-14)17(22)12-21-18(23)16-9-5-4-8-15(16)13(2)19-21/h4-10H,3,11-12H2,1-2H3. The molecule has 0 saturated heterocycles. The zero-order valence-electron chi connectivity index (χ0n) is 13.7. The smallest absolute Gasteiger partial charge is 0.275 e. The summed E-state index contributed by atoms with van der Waals surface area (Å²) in [4.78, 5) is 28.0. The summed E-state index contributed by atoms with van der Waals surface area (Å²) >= 11 is 1.62. The van der Waals surface area contributed by atoms with Crippen LogP contribution in [0.2, 0.25) is 0 Å². The Bertz CT molecular complexity index is 916. The van der Waals surface area contributed by atoms with Crippen molar-refractivity contribution in [2.24, 2.45) is 0 Å². The lowest BCUT2D eigenvalue weighted by Gasteiger charge is -2.20. The average molecular weight is 341 g/mol. The van der Waals surface area contributed by atoms with Crippen LogP contribution < -0.4 is 5.56 Å². The van der Waals surface area contributed by atoms with Crippen molar-refractivity contribution < 1.29 is 4.79 Å². The normalized spacial score (nSPS) is 10.9. The largest absolute Gasteiger partial charge is 0.336 e. The zero-order chi connectivity index (χ0) is 17.1. The van der Waals surface area contributed by atoms with Gasteiger partial charge in [0.15, 0.2) is 0 Å². The average Bonchev–Trinajstić information content (AvgIpc) is 3.10. The molecule has 0 unspecified atom stereocenters. The van der Waals surface area contributed by atoms with Crippen molar-refractivity contribution in [3.63, 3.8) is 0 Å². The minimum atomic E-state index is -0.225. The molecule has 24 heavy (non-hydrogen) atoms. The first-order chi connectivity index (χ1) is 11.6. The van der Waals surface area contributed by atoms with Crippen molar-refractivity contribution in [3.05, 3.63) is 62.7 Å². The van der Waals surface area contributed by atoms with Gasteiger partial charge in [0.05, 0.1) is 17.6 Å². The summed E-state index contributed by atoms with van der Waals surface area (Å²) in [5, 5.41) is 7.73. The minimum Gasteiger partial charge on any atom is -0.336 e. The van der Waals surface area contributed by atoms with Gasteiger partial charge in [-0.25, -0.2) is 4.68 Å². The Morgan fingerprint density at radius 2 is 1.96 bits per heavy atom. The Balaban J connectivity index is 1.87. The van der Waals surface area contributed by atoms with Crippen molar-refractivity contribution in [2.45, 2.75) is 26.9 Å². The van der Waals surface area contributed by atoms with Gasteiger partial charge in [-0.05, 0) is 31.4 Å². The predicted octanol–water partition coefficient (Wildman–Crippen LogP) is 2.82. The van der Waals surface area contributed by atoms with Crippen LogP contribution in [0.3, 0.4) is 0 Å². The number of fused-ring (bicyclic) bond motifs is 1. The first kappa shape index (κ1) is 16.4. The van der Waals surface area contributed by atoms with Crippen LogP contribution in [-0.2, 0) is 17.9 Å². The Labute approximate surface area is 144 Å². The minimum absolute atomic E-state index is 0.0380. The summed E-state index contributed by atoms with van der Waals surface area (Å²) in [6.07, 6.45) is 0. The van der Waals surface area contributed by atoms with Gasteiger partial charge in [-0.1, -0.05) is 24.3 Å². The lowest BCUT2D eigenvalue weighted by atomic mass is 10.1. The van der Waals surface area contributed by atoms with Crippen LogP contribution in [0.4, 0.5) is 0 Å². The molecule has 0 atom stereocenters. The molecule has 1 amide bonds. The molecule has 2 heterocycles. The molecule has 124 valence electrons. The molecule has 0 fully saturated rings. The summed E-state index contributed by atoms with van der Waals surface area (Å²) in [6.45, 7) is 4.91. The van der Waals surface area contributed by atoms with Crippen LogP contribution in [0.5, 0.6) is 0 Å². The van der Waals surface area contributed by atoms with Crippen LogP contribution >= 0.6 is 11.3 Å². The Hall–Kier alpha value is -2.47. The van der Waals surface area contributed by atoms with Crippen molar-refractivity contribution in [3.8, 4) is 0 Å². The second-order valence-corrected chi connectivity index (χ2v) is 6.61. The van der Waals surface area contributed by atoms with E-state index >= 15 is 0 Å². The second kappa shape index (κ2) is 6.97. The number of hydrogen-bond acceptors (Lipinski definition) is 4. The van der Waals surface area contributed by atoms with Gasteiger partial charge >= 0.3 is 0 Å². The molecule has 0 aliphatic rings. The molecule has 0 spiro atoms. The maximum atomic E-state index is 12.6. The molecule has 0 aliphatic heterocycles. The van der Waals surface area contributed by atoms with Crippen LogP contribution in [0.1, 0.15) is 17.5 Å². The highest BCUT2D eigenvalue weighted by Crippen LogP contribution is 2.13. The van der Waals surface area contributed by atoms with Gasteiger partial charge in [0.2, 0.25) is 5.91 Å². The maximum Gasteiger partial charge on any atom is 0.275 e. The molecule has 3 rings (SSSR count). The van der Waals surface area contributed by atoms with E-state index in [1.807, 2.05) is 49.6 Å². The van der Waals surface area contributed by atoms with Crippen molar-refractivity contribution in [2.75, 3.05) is 6.54 Å². The molecule has 0 N–H and O–H groups in total. The number of hydrogen-bond donors (Lipinski definition) is 0. The van der Waals surface area contributed by atoms with Crippen molar-refractivity contribution >= 4 is 28.0 Å². The third kappa shape index (κ3) is 3.23. The Morgan fingerprint density at radius 3 is 2.62 bits per heavy atom. The van der Waals surface area contributed by atoms with Gasteiger partial charge in [-0.3, -0.25) is 9.59 Å². The second-order valence-electron chi connectivity index (χ2n) is 5.58. The van der Waals surface area contributed by atoms with E-state index in [1.54, 1.807) is 22.3 Å². The van der Waals surface area contributed by atoms with Gasteiger partial charge in [0, 0.05) is 16.8 Å². The molecule has 0 bridgehead atoms. The lowest BCUT2D eigenvalue weighted by Crippen LogP contribution is -2.37. The Morgan fingerprint density at radius 1 is 1.21 bits per heavy atom. The van der Waals surface area contributed by atoms with Crippen LogP contribution in [0.25, 0.3) is 10.8 Å². The molecule has 2 aromatic heterocycles. The molecule has 3 aromatic rings. The van der Waals surface area contributed by atoms with E-state index in [1.165, 1.54) is 4.68 Å². The molecule has 0 radical (unpaired) electrons. The van der Waals surface area contributed by atoms with E-state index in [4.69, 9.17) is 0 Å². The summed E-state index contributed by atoms with van der Waals surface area (Å²) in [5.41, 5.74) is 0.524. The van der Waals surface area contributed by atoms with Gasteiger partial charge in [-0.2, -0.15) is 5.10 Å². The molecule has 1 aromatic carbocycles. The van der Waals surface area contributed by atoms with Crippen LogP contribution in [0.15, 0.2) is 46.6 Å². The number of thiophene rings is 1. The monoisotopic (exact) mass is 341 g/mol. The zero-order valence-corrected chi connectivity index (χ0v) is 14.5. The summed E-state index contributed by atoms with van der Waals surface area (Å²) in [6, 6.07) is 11.3. The highest BCUT2D eigenvalue weighted by atomic mass is 32.1. The third-order valence-corrected chi connectivity index (χ3v) is 4.86. The molecule has 0 saturated carbocycles. The van der Waals surface area contributed by atoms with Gasteiger partial charge in [0.25, 0.3) is 5.56 Å². The number of carbonyl (C=O) groups excluding carboxylic acids is 1. The third-order valence-electron chi connectivity index (χ3n) is 4.00. The fraction of sp³-hybridized carbons (Fsp3) is 0.278. The number of benzene rings is 1. The van der Waals surface area contributed by atoms with Gasteiger partial charge in [0.1, 0.15) is 6.54 Å². The molecule has 5 nitrogen and oxygen atoms in total. The number of nitrogens with zero attached hydrogens (tertiary/aromatic N) is 3. The van der Waals surface area contributed by atoms with E-state index < -0.39 is 0 Å². The van der Waals surface area contributed by atoms with E-state index in [0.717, 1.165) is 16.0 Å². The fourth-order valence-corrected chi connectivity index (χ4v) is 3.43. The molecular formula is C18H19N3O2S. The van der Waals surface area contributed by atoms with Crippen molar-refractivity contribution in [1.82, 2.24) is 14.7 Å². The Kier molecular flexibility index (Phi) is 4.76. The highest BCUT2D eigenvalue weighted by Gasteiger charge is 2.16. The summed E-state index contributed by atoms with van der Waals surface area (Å²) in [5.74, 6) is -0.102. The van der Waals surface area contributed by atoms with Crippen LogP contribution in [-0.4, -0.2) is 27.1 Å². The number of carbonyl (C=O) groups is 1. The quantitative estimate of drug-likeness (QED) is 0.717. The lowest BCUT2D eigenvalue weighted by molar-refractivity contribution is -0.132. The summed E-state index contributed by atoms with van der Waals surface area (Å²) < 4.78 is 1.27. The number of aryl methyl sites for hydroxylation is 1. The molecule has 6 heteroatoms. The number of likely N-dealkylation sites (N-methyl/N-ethyl adjacent to an activating group) is 1. The number of rotatable bonds is 5. The predicted molar refractivity (Wildman–Crippen MR) is 96.2 cm³/mol. The van der Waals surface area contributed by atoms with Crippen molar-refractivity contribution in [1.29, 1.82) is 0 Å². The number of aromatic nitrogens is 2. The van der Waals surface area contributed by atoms with E-state index in [2.05, 4.69) is 5.10 Å². The van der Waals surface area contributed by atoms with E-state index in [0.29, 0.717) is 18.5 Å². The van der Waals surface area contributed by atoms with Crippen LogP contribution in [0, 0.1) is 6.92 Å². The summed E-state index contributed by atoms with van der Waals surface area (Å²) in [7, 11) is 0. The maximum absolute atomic E-state index is 12.6. The topological polar surface area (TPSA) is 55.2 Å². The van der Waals surface area contributed by atoms with Gasteiger partial charge in [-0.15, -0.1) is 11.3 Å². The van der Waals surface area contributed by atoms with Gasteiger partial charge < -0.3 is 4.90 Å². The molecule has 0 aliphatic carbocycles. The number of amides is 1. The SMILES string of the molecule is CCN(Cc1cccs1)C(=O)Cn1nc(C)c2ccccc2c1=O. The van der Waals surface area contributed by atoms with E-state index in [-0.39, 0.29) is 18.0 Å². The first-order valence-electron chi connectivity index (χ1n) is 7.86. The fourth-order valence-electron chi connectivity index (χ4n) is 2.71. The van der Waals surface area contributed by atoms with E-state index in [9.17, 15) is 9.59 Å². The highest BCUT2D eigenvalue weighted by molar-refractivity contribution is 7.09. The molecular weight excluding hydrogens is 322 g/mol.